The summed E-state index contributed by atoms with van der Waals surface area (Å²) in [6, 6.07) is 6.95. The third-order valence-electron chi connectivity index (χ3n) is 4.68. The molecule has 20 heavy (non-hydrogen) atoms. The fourth-order valence-electron chi connectivity index (χ4n) is 3.41. The second-order valence-corrected chi connectivity index (χ2v) is 8.32. The van der Waals surface area contributed by atoms with Crippen LogP contribution < -0.4 is 0 Å². The number of ketones is 1. The lowest BCUT2D eigenvalue weighted by atomic mass is 9.83. The molecule has 108 valence electrons. The Hall–Kier alpha value is -1.20. The van der Waals surface area contributed by atoms with Gasteiger partial charge in [0, 0.05) is 25.9 Å². The number of sulfonamides is 1. The SMILES string of the molecule is Cc1ccc(S(=O)(=O)N2CC3CC(=O)CC3(C)C2)cc1. The molecular formula is C15H19NO3S. The van der Waals surface area contributed by atoms with E-state index in [0.29, 0.717) is 30.8 Å². The average molecular weight is 293 g/mol. The van der Waals surface area contributed by atoms with Crippen LogP contribution in [0.15, 0.2) is 29.2 Å². The first kappa shape index (κ1) is 13.8. The van der Waals surface area contributed by atoms with Gasteiger partial charge in [-0.25, -0.2) is 8.42 Å². The van der Waals surface area contributed by atoms with Crippen LogP contribution in [-0.4, -0.2) is 31.6 Å². The van der Waals surface area contributed by atoms with Gasteiger partial charge in [-0.05, 0) is 30.4 Å². The lowest BCUT2D eigenvalue weighted by molar-refractivity contribution is -0.118. The topological polar surface area (TPSA) is 54.5 Å². The Bertz CT molecular complexity index is 650. The van der Waals surface area contributed by atoms with E-state index in [0.717, 1.165) is 5.56 Å². The Morgan fingerprint density at radius 3 is 2.50 bits per heavy atom. The zero-order valence-corrected chi connectivity index (χ0v) is 12.6. The van der Waals surface area contributed by atoms with E-state index >= 15 is 0 Å². The molecule has 0 spiro atoms. The number of fused-ring (bicyclic) bond motifs is 1. The number of rotatable bonds is 2. The predicted octanol–water partition coefficient (Wildman–Crippen LogP) is 1.98. The van der Waals surface area contributed by atoms with Gasteiger partial charge in [-0.3, -0.25) is 4.79 Å². The number of nitrogens with zero attached hydrogens (tertiary/aromatic N) is 1. The summed E-state index contributed by atoms with van der Waals surface area (Å²) in [4.78, 5) is 11.9. The van der Waals surface area contributed by atoms with E-state index in [9.17, 15) is 13.2 Å². The van der Waals surface area contributed by atoms with Crippen LogP contribution in [0.4, 0.5) is 0 Å². The normalized spacial score (nSPS) is 30.7. The summed E-state index contributed by atoms with van der Waals surface area (Å²) < 4.78 is 26.8. The maximum Gasteiger partial charge on any atom is 0.243 e. The summed E-state index contributed by atoms with van der Waals surface area (Å²) in [6.45, 7) is 4.90. The van der Waals surface area contributed by atoms with E-state index < -0.39 is 10.0 Å². The number of hydrogen-bond donors (Lipinski definition) is 0. The number of benzene rings is 1. The summed E-state index contributed by atoms with van der Waals surface area (Å²) in [6.07, 6.45) is 1.04. The highest BCUT2D eigenvalue weighted by atomic mass is 32.2. The first-order valence-electron chi connectivity index (χ1n) is 6.90. The third kappa shape index (κ3) is 2.09. The summed E-state index contributed by atoms with van der Waals surface area (Å²) in [7, 11) is -3.43. The minimum atomic E-state index is -3.43. The molecule has 3 rings (SSSR count). The van der Waals surface area contributed by atoms with Crippen LogP contribution in [-0.2, 0) is 14.8 Å². The minimum absolute atomic E-state index is 0.172. The van der Waals surface area contributed by atoms with Crippen molar-refractivity contribution in [3.05, 3.63) is 29.8 Å². The lowest BCUT2D eigenvalue weighted by Crippen LogP contribution is -2.31. The molecular weight excluding hydrogens is 274 g/mol. The Morgan fingerprint density at radius 2 is 1.90 bits per heavy atom. The lowest BCUT2D eigenvalue weighted by Gasteiger charge is -2.22. The number of carbonyl (C=O) groups is 1. The maximum atomic E-state index is 12.6. The van der Waals surface area contributed by atoms with Crippen LogP contribution in [0.5, 0.6) is 0 Å². The van der Waals surface area contributed by atoms with Crippen molar-refractivity contribution in [2.24, 2.45) is 11.3 Å². The molecule has 1 aromatic rings. The van der Waals surface area contributed by atoms with Gasteiger partial charge in [0.15, 0.2) is 0 Å². The molecule has 1 saturated heterocycles. The van der Waals surface area contributed by atoms with Gasteiger partial charge < -0.3 is 0 Å². The predicted molar refractivity (Wildman–Crippen MR) is 75.8 cm³/mol. The Labute approximate surface area is 119 Å². The fraction of sp³-hybridized carbons (Fsp3) is 0.533. The van der Waals surface area contributed by atoms with Gasteiger partial charge in [-0.2, -0.15) is 4.31 Å². The second kappa shape index (κ2) is 4.40. The first-order valence-corrected chi connectivity index (χ1v) is 8.34. The highest BCUT2D eigenvalue weighted by Crippen LogP contribution is 2.47. The number of aryl methyl sites for hydroxylation is 1. The van der Waals surface area contributed by atoms with Gasteiger partial charge in [0.05, 0.1) is 4.90 Å². The molecule has 1 aliphatic heterocycles. The molecule has 2 aliphatic rings. The third-order valence-corrected chi connectivity index (χ3v) is 6.51. The van der Waals surface area contributed by atoms with E-state index in [1.807, 2.05) is 26.0 Å². The van der Waals surface area contributed by atoms with E-state index in [4.69, 9.17) is 0 Å². The molecule has 0 amide bonds. The quantitative estimate of drug-likeness (QED) is 0.838. The van der Waals surface area contributed by atoms with Gasteiger partial charge in [0.1, 0.15) is 5.78 Å². The summed E-state index contributed by atoms with van der Waals surface area (Å²) in [5, 5.41) is 0. The molecule has 5 heteroatoms. The van der Waals surface area contributed by atoms with Crippen molar-refractivity contribution in [3.63, 3.8) is 0 Å². The number of Topliss-reactive ketones (excluding diaryl/α,β-unsaturated/α-hetero) is 1. The number of carbonyl (C=O) groups excluding carboxylic acids is 1. The highest BCUT2D eigenvalue weighted by Gasteiger charge is 2.52. The van der Waals surface area contributed by atoms with Gasteiger partial charge in [-0.15, -0.1) is 0 Å². The average Bonchev–Trinajstić information content (AvgIpc) is 2.80. The first-order chi connectivity index (χ1) is 9.31. The summed E-state index contributed by atoms with van der Waals surface area (Å²) in [5.41, 5.74) is 0.870. The molecule has 2 unspecified atom stereocenters. The maximum absolute atomic E-state index is 12.6. The molecule has 0 radical (unpaired) electrons. The molecule has 2 fully saturated rings. The van der Waals surface area contributed by atoms with Gasteiger partial charge >= 0.3 is 0 Å². The molecule has 2 atom stereocenters. The van der Waals surface area contributed by atoms with E-state index in [1.165, 1.54) is 0 Å². The standard InChI is InChI=1S/C15H19NO3S/c1-11-3-5-14(6-4-11)20(18,19)16-9-12-7-13(17)8-15(12,2)10-16/h3-6,12H,7-10H2,1-2H3. The summed E-state index contributed by atoms with van der Waals surface area (Å²) >= 11 is 0. The second-order valence-electron chi connectivity index (χ2n) is 6.38. The van der Waals surface area contributed by atoms with Gasteiger partial charge in [0.25, 0.3) is 0 Å². The molecule has 4 nitrogen and oxygen atoms in total. The van der Waals surface area contributed by atoms with Crippen LogP contribution in [0.2, 0.25) is 0 Å². The molecule has 1 aromatic carbocycles. The van der Waals surface area contributed by atoms with Crippen LogP contribution in [0.1, 0.15) is 25.3 Å². The van der Waals surface area contributed by atoms with Crippen molar-refractivity contribution >= 4 is 15.8 Å². The summed E-state index contributed by atoms with van der Waals surface area (Å²) in [5.74, 6) is 0.445. The Kier molecular flexibility index (Phi) is 3.03. The number of hydrogen-bond acceptors (Lipinski definition) is 3. The van der Waals surface area contributed by atoms with Crippen molar-refractivity contribution in [2.45, 2.75) is 31.6 Å². The van der Waals surface area contributed by atoms with Crippen molar-refractivity contribution in [2.75, 3.05) is 13.1 Å². The zero-order valence-electron chi connectivity index (χ0n) is 11.8. The van der Waals surface area contributed by atoms with Crippen LogP contribution in [0.25, 0.3) is 0 Å². The highest BCUT2D eigenvalue weighted by molar-refractivity contribution is 7.89. The van der Waals surface area contributed by atoms with E-state index in [2.05, 4.69) is 0 Å². The molecule has 0 aromatic heterocycles. The van der Waals surface area contributed by atoms with Crippen molar-refractivity contribution in [1.29, 1.82) is 0 Å². The monoisotopic (exact) mass is 293 g/mol. The minimum Gasteiger partial charge on any atom is -0.300 e. The van der Waals surface area contributed by atoms with E-state index in [-0.39, 0.29) is 17.1 Å². The largest absolute Gasteiger partial charge is 0.300 e. The van der Waals surface area contributed by atoms with Crippen molar-refractivity contribution < 1.29 is 13.2 Å². The smallest absolute Gasteiger partial charge is 0.243 e. The Balaban J connectivity index is 1.88. The molecule has 1 aliphatic carbocycles. The van der Waals surface area contributed by atoms with Gasteiger partial charge in [-0.1, -0.05) is 24.6 Å². The molecule has 0 N–H and O–H groups in total. The van der Waals surface area contributed by atoms with E-state index in [1.54, 1.807) is 16.4 Å². The molecule has 0 bridgehead atoms. The van der Waals surface area contributed by atoms with Crippen LogP contribution in [0, 0.1) is 18.3 Å². The van der Waals surface area contributed by atoms with Crippen molar-refractivity contribution in [1.82, 2.24) is 4.31 Å². The zero-order chi connectivity index (χ0) is 14.5. The van der Waals surface area contributed by atoms with Crippen molar-refractivity contribution in [3.8, 4) is 0 Å². The fourth-order valence-corrected chi connectivity index (χ4v) is 5.03. The van der Waals surface area contributed by atoms with Crippen LogP contribution >= 0.6 is 0 Å². The van der Waals surface area contributed by atoms with Crippen LogP contribution in [0.3, 0.4) is 0 Å². The van der Waals surface area contributed by atoms with Gasteiger partial charge in [0.2, 0.25) is 10.0 Å². The molecule has 1 heterocycles. The molecule has 1 saturated carbocycles. The Morgan fingerprint density at radius 1 is 1.25 bits per heavy atom.